The predicted octanol–water partition coefficient (Wildman–Crippen LogP) is 2.51. The Bertz CT molecular complexity index is 1180. The number of ether oxygens (including phenoxy) is 1. The summed E-state index contributed by atoms with van der Waals surface area (Å²) in [6.45, 7) is 0. The summed E-state index contributed by atoms with van der Waals surface area (Å²) in [7, 11) is 1.57. The van der Waals surface area contributed by atoms with Gasteiger partial charge in [-0.15, -0.1) is 5.10 Å². The smallest absolute Gasteiger partial charge is 0.291 e. The first kappa shape index (κ1) is 15.5. The Morgan fingerprint density at radius 3 is 2.80 bits per heavy atom. The number of thiazole rings is 1. The Morgan fingerprint density at radius 2 is 2.04 bits per heavy atom. The third-order valence-corrected chi connectivity index (χ3v) is 4.64. The van der Waals surface area contributed by atoms with E-state index in [0.717, 1.165) is 5.56 Å². The van der Waals surface area contributed by atoms with Crippen molar-refractivity contribution in [3.63, 3.8) is 0 Å². The maximum atomic E-state index is 13.3. The van der Waals surface area contributed by atoms with Crippen molar-refractivity contribution < 1.29 is 9.13 Å². The molecule has 0 unspecified atom stereocenters. The molecule has 2 heterocycles. The van der Waals surface area contributed by atoms with E-state index in [1.165, 1.54) is 28.0 Å². The second kappa shape index (κ2) is 6.10. The van der Waals surface area contributed by atoms with Gasteiger partial charge in [0.05, 0.1) is 17.2 Å². The Hall–Kier alpha value is -3.06. The van der Waals surface area contributed by atoms with Gasteiger partial charge in [-0.2, -0.15) is 9.50 Å². The van der Waals surface area contributed by atoms with Gasteiger partial charge in [0.25, 0.3) is 5.56 Å². The number of hydrogen-bond donors (Lipinski definition) is 0. The normalized spacial score (nSPS) is 12.0. The lowest BCUT2D eigenvalue weighted by Crippen LogP contribution is -2.23. The molecule has 0 atom stereocenters. The van der Waals surface area contributed by atoms with Crippen LogP contribution in [-0.2, 0) is 0 Å². The molecule has 124 valence electrons. The lowest BCUT2D eigenvalue weighted by molar-refractivity contribution is 0.416. The van der Waals surface area contributed by atoms with Gasteiger partial charge < -0.3 is 4.74 Å². The SMILES string of the molecule is COc1ccccc1-c1nc2s/c(=C\c3cccc(F)c3)c(=O)n2n1. The van der Waals surface area contributed by atoms with Crippen molar-refractivity contribution >= 4 is 22.4 Å². The minimum atomic E-state index is -0.348. The summed E-state index contributed by atoms with van der Waals surface area (Å²) in [5, 5.41) is 4.30. The molecule has 0 aliphatic rings. The van der Waals surface area contributed by atoms with Crippen LogP contribution in [0.5, 0.6) is 5.75 Å². The Labute approximate surface area is 145 Å². The van der Waals surface area contributed by atoms with E-state index in [9.17, 15) is 9.18 Å². The molecule has 0 saturated carbocycles. The molecule has 0 spiro atoms. The number of benzene rings is 2. The summed E-state index contributed by atoms with van der Waals surface area (Å²) < 4.78 is 20.3. The zero-order valence-electron chi connectivity index (χ0n) is 13.1. The van der Waals surface area contributed by atoms with Crippen LogP contribution in [0.4, 0.5) is 4.39 Å². The highest BCUT2D eigenvalue weighted by molar-refractivity contribution is 7.15. The molecule has 0 fully saturated rings. The van der Waals surface area contributed by atoms with E-state index in [4.69, 9.17) is 4.74 Å². The average molecular weight is 353 g/mol. The molecule has 0 amide bonds. The Morgan fingerprint density at radius 1 is 1.20 bits per heavy atom. The Balaban J connectivity index is 1.84. The van der Waals surface area contributed by atoms with Gasteiger partial charge >= 0.3 is 0 Å². The Kier molecular flexibility index (Phi) is 3.77. The molecular weight excluding hydrogens is 341 g/mol. The number of aromatic nitrogens is 3. The summed E-state index contributed by atoms with van der Waals surface area (Å²) in [5.74, 6) is 0.719. The van der Waals surface area contributed by atoms with E-state index < -0.39 is 0 Å². The molecular formula is C18H12FN3O2S. The average Bonchev–Trinajstić information content (AvgIpc) is 3.15. The number of methoxy groups -OCH3 is 1. The number of rotatable bonds is 3. The van der Waals surface area contributed by atoms with Crippen LogP contribution in [0.1, 0.15) is 5.56 Å². The quantitative estimate of drug-likeness (QED) is 0.568. The fourth-order valence-electron chi connectivity index (χ4n) is 2.52. The van der Waals surface area contributed by atoms with E-state index in [1.54, 1.807) is 25.3 Å². The summed E-state index contributed by atoms with van der Waals surface area (Å²) in [4.78, 5) is 17.4. The van der Waals surface area contributed by atoms with Gasteiger partial charge in [0.1, 0.15) is 11.6 Å². The standard InChI is InChI=1S/C18H12FN3O2S/c1-24-14-8-3-2-7-13(14)16-20-18-22(21-16)17(23)15(25-18)10-11-5-4-6-12(19)9-11/h2-10H,1H3/b15-10-. The van der Waals surface area contributed by atoms with Crippen molar-refractivity contribution in [2.24, 2.45) is 0 Å². The lowest BCUT2D eigenvalue weighted by atomic mass is 10.2. The van der Waals surface area contributed by atoms with E-state index in [-0.39, 0.29) is 11.4 Å². The van der Waals surface area contributed by atoms with Gasteiger partial charge in [0.2, 0.25) is 4.96 Å². The van der Waals surface area contributed by atoms with Crippen LogP contribution in [0, 0.1) is 5.82 Å². The molecule has 0 radical (unpaired) electrons. The summed E-state index contributed by atoms with van der Waals surface area (Å²) in [6, 6.07) is 13.4. The highest BCUT2D eigenvalue weighted by Crippen LogP contribution is 2.27. The van der Waals surface area contributed by atoms with Crippen LogP contribution in [-0.4, -0.2) is 21.7 Å². The fourth-order valence-corrected chi connectivity index (χ4v) is 3.43. The van der Waals surface area contributed by atoms with Gasteiger partial charge in [-0.1, -0.05) is 35.6 Å². The third-order valence-electron chi connectivity index (χ3n) is 3.68. The van der Waals surface area contributed by atoms with Gasteiger partial charge in [0, 0.05) is 0 Å². The van der Waals surface area contributed by atoms with Crippen LogP contribution in [0.25, 0.3) is 22.4 Å². The maximum absolute atomic E-state index is 13.3. The minimum Gasteiger partial charge on any atom is -0.496 e. The number of para-hydroxylation sites is 1. The van der Waals surface area contributed by atoms with Crippen molar-refractivity contribution in [2.45, 2.75) is 0 Å². The van der Waals surface area contributed by atoms with Gasteiger partial charge in [-0.05, 0) is 35.9 Å². The van der Waals surface area contributed by atoms with Gasteiger partial charge in [-0.3, -0.25) is 4.79 Å². The van der Waals surface area contributed by atoms with Crippen LogP contribution >= 0.6 is 11.3 Å². The molecule has 25 heavy (non-hydrogen) atoms. The zero-order valence-corrected chi connectivity index (χ0v) is 14.0. The number of halogens is 1. The zero-order chi connectivity index (χ0) is 17.4. The summed E-state index contributed by atoms with van der Waals surface area (Å²) in [5.41, 5.74) is 1.06. The van der Waals surface area contributed by atoms with E-state index in [0.29, 0.717) is 26.6 Å². The summed E-state index contributed by atoms with van der Waals surface area (Å²) >= 11 is 1.21. The first-order chi connectivity index (χ1) is 12.2. The molecule has 4 aromatic rings. The fraction of sp³-hybridized carbons (Fsp3) is 0.0556. The van der Waals surface area contributed by atoms with Crippen molar-refractivity contribution in [1.82, 2.24) is 14.6 Å². The van der Waals surface area contributed by atoms with Crippen LogP contribution in [0.3, 0.4) is 0 Å². The van der Waals surface area contributed by atoms with Crippen molar-refractivity contribution in [2.75, 3.05) is 7.11 Å². The molecule has 0 N–H and O–H groups in total. The summed E-state index contributed by atoms with van der Waals surface area (Å²) in [6.07, 6.45) is 1.63. The number of nitrogens with zero attached hydrogens (tertiary/aromatic N) is 3. The van der Waals surface area contributed by atoms with Crippen molar-refractivity contribution in [3.8, 4) is 17.1 Å². The van der Waals surface area contributed by atoms with Gasteiger partial charge in [-0.25, -0.2) is 4.39 Å². The molecule has 0 saturated heterocycles. The molecule has 7 heteroatoms. The lowest BCUT2D eigenvalue weighted by Gasteiger charge is -2.03. The molecule has 4 rings (SSSR count). The number of hydrogen-bond acceptors (Lipinski definition) is 5. The second-order valence-corrected chi connectivity index (χ2v) is 6.31. The van der Waals surface area contributed by atoms with Crippen LogP contribution < -0.4 is 14.8 Å². The van der Waals surface area contributed by atoms with Crippen LogP contribution in [0.2, 0.25) is 0 Å². The molecule has 0 aliphatic carbocycles. The highest BCUT2D eigenvalue weighted by atomic mass is 32.1. The van der Waals surface area contributed by atoms with Crippen molar-refractivity contribution in [3.05, 3.63) is 74.8 Å². The molecule has 5 nitrogen and oxygen atoms in total. The van der Waals surface area contributed by atoms with E-state index in [2.05, 4.69) is 10.1 Å². The molecule has 0 aliphatic heterocycles. The maximum Gasteiger partial charge on any atom is 0.291 e. The first-order valence-corrected chi connectivity index (χ1v) is 8.27. The van der Waals surface area contributed by atoms with E-state index >= 15 is 0 Å². The monoisotopic (exact) mass is 353 g/mol. The largest absolute Gasteiger partial charge is 0.496 e. The molecule has 0 bridgehead atoms. The topological polar surface area (TPSA) is 56.5 Å². The number of fused-ring (bicyclic) bond motifs is 1. The van der Waals surface area contributed by atoms with E-state index in [1.807, 2.05) is 24.3 Å². The van der Waals surface area contributed by atoms with Crippen molar-refractivity contribution in [1.29, 1.82) is 0 Å². The third kappa shape index (κ3) is 2.78. The second-order valence-electron chi connectivity index (χ2n) is 5.30. The predicted molar refractivity (Wildman–Crippen MR) is 94.3 cm³/mol. The molecule has 2 aromatic carbocycles. The van der Waals surface area contributed by atoms with Gasteiger partial charge in [0.15, 0.2) is 5.82 Å². The minimum absolute atomic E-state index is 0.280. The van der Waals surface area contributed by atoms with Crippen LogP contribution in [0.15, 0.2) is 53.3 Å². The first-order valence-electron chi connectivity index (χ1n) is 7.46. The molecule has 2 aromatic heterocycles. The highest BCUT2D eigenvalue weighted by Gasteiger charge is 2.14.